The van der Waals surface area contributed by atoms with Crippen molar-refractivity contribution in [1.29, 1.82) is 0 Å². The molecule has 0 atom stereocenters. The number of hydrogen-bond donors (Lipinski definition) is 1. The van der Waals surface area contributed by atoms with E-state index in [1.54, 1.807) is 0 Å². The number of carbonyl (C=O) groups is 1. The average Bonchev–Trinajstić information content (AvgIpc) is 2.85. The van der Waals surface area contributed by atoms with Crippen LogP contribution in [-0.4, -0.2) is 37.0 Å². The third kappa shape index (κ3) is 3.43. The summed E-state index contributed by atoms with van der Waals surface area (Å²) in [5.41, 5.74) is 0.00363. The Hall–Kier alpha value is -1.13. The van der Waals surface area contributed by atoms with Gasteiger partial charge < -0.3 is 10.2 Å². The Balaban J connectivity index is 1.85. The smallest absolute Gasteiger partial charge is 0.254 e. The number of hydrogen-bond acceptors (Lipinski definition) is 2. The molecule has 3 nitrogen and oxygen atoms in total. The lowest BCUT2D eigenvalue weighted by Gasteiger charge is -2.14. The standard InChI is InChI=1S/C13H16ClFN2O/c14-10-3-4-12(15)11(9-10)13(18)16-5-8-17-6-1-2-7-17/h3-4,9H,1-2,5-8H2,(H,16,18). The fourth-order valence-electron chi connectivity index (χ4n) is 2.10. The molecular formula is C13H16ClFN2O. The van der Waals surface area contributed by atoms with Crippen LogP contribution in [0, 0.1) is 5.82 Å². The first kappa shape index (κ1) is 13.3. The minimum atomic E-state index is -0.543. The monoisotopic (exact) mass is 270 g/mol. The first-order valence-electron chi connectivity index (χ1n) is 6.12. The van der Waals surface area contributed by atoms with E-state index in [1.165, 1.54) is 31.0 Å². The molecule has 0 aliphatic carbocycles. The van der Waals surface area contributed by atoms with E-state index in [1.807, 2.05) is 0 Å². The molecule has 0 bridgehead atoms. The van der Waals surface area contributed by atoms with Crippen molar-refractivity contribution in [2.75, 3.05) is 26.2 Å². The van der Waals surface area contributed by atoms with Gasteiger partial charge in [0.05, 0.1) is 5.56 Å². The minimum absolute atomic E-state index is 0.00363. The molecule has 1 aromatic rings. The van der Waals surface area contributed by atoms with Gasteiger partial charge in [-0.15, -0.1) is 0 Å². The van der Waals surface area contributed by atoms with Gasteiger partial charge in [-0.05, 0) is 44.1 Å². The topological polar surface area (TPSA) is 32.3 Å². The van der Waals surface area contributed by atoms with Crippen LogP contribution in [0.15, 0.2) is 18.2 Å². The van der Waals surface area contributed by atoms with Crippen molar-refractivity contribution in [2.45, 2.75) is 12.8 Å². The number of amides is 1. The van der Waals surface area contributed by atoms with Gasteiger partial charge in [0, 0.05) is 18.1 Å². The Morgan fingerprint density at radius 3 is 2.83 bits per heavy atom. The van der Waals surface area contributed by atoms with E-state index in [4.69, 9.17) is 11.6 Å². The molecule has 18 heavy (non-hydrogen) atoms. The predicted molar refractivity (Wildman–Crippen MR) is 69.4 cm³/mol. The van der Waals surface area contributed by atoms with E-state index in [9.17, 15) is 9.18 Å². The first-order valence-corrected chi connectivity index (χ1v) is 6.50. The molecule has 5 heteroatoms. The Morgan fingerprint density at radius 1 is 1.39 bits per heavy atom. The maximum atomic E-state index is 13.4. The predicted octanol–water partition coefficient (Wildman–Crippen LogP) is 2.30. The van der Waals surface area contributed by atoms with Gasteiger partial charge in [-0.1, -0.05) is 11.6 Å². The molecule has 1 fully saturated rings. The maximum Gasteiger partial charge on any atom is 0.254 e. The number of carbonyl (C=O) groups excluding carboxylic acids is 1. The van der Waals surface area contributed by atoms with Crippen LogP contribution in [0.5, 0.6) is 0 Å². The number of nitrogens with one attached hydrogen (secondary N) is 1. The van der Waals surface area contributed by atoms with E-state index in [-0.39, 0.29) is 5.56 Å². The molecule has 1 aromatic carbocycles. The van der Waals surface area contributed by atoms with Crippen LogP contribution < -0.4 is 5.32 Å². The third-order valence-electron chi connectivity index (χ3n) is 3.09. The van der Waals surface area contributed by atoms with Crippen LogP contribution in [0.3, 0.4) is 0 Å². The molecule has 1 amide bonds. The quantitative estimate of drug-likeness (QED) is 0.911. The average molecular weight is 271 g/mol. The van der Waals surface area contributed by atoms with Crippen molar-refractivity contribution in [3.63, 3.8) is 0 Å². The van der Waals surface area contributed by atoms with Gasteiger partial charge in [-0.2, -0.15) is 0 Å². The van der Waals surface area contributed by atoms with Gasteiger partial charge in [0.15, 0.2) is 0 Å². The van der Waals surface area contributed by atoms with E-state index < -0.39 is 11.7 Å². The number of rotatable bonds is 4. The molecule has 98 valence electrons. The molecule has 1 N–H and O–H groups in total. The highest BCUT2D eigenvalue weighted by molar-refractivity contribution is 6.30. The lowest BCUT2D eigenvalue weighted by molar-refractivity contribution is 0.0945. The lowest BCUT2D eigenvalue weighted by Crippen LogP contribution is -2.33. The second kappa shape index (κ2) is 6.16. The van der Waals surface area contributed by atoms with Gasteiger partial charge in [-0.25, -0.2) is 4.39 Å². The maximum absolute atomic E-state index is 13.4. The van der Waals surface area contributed by atoms with E-state index >= 15 is 0 Å². The van der Waals surface area contributed by atoms with Crippen LogP contribution in [0.2, 0.25) is 5.02 Å². The number of benzene rings is 1. The zero-order chi connectivity index (χ0) is 13.0. The SMILES string of the molecule is O=C(NCCN1CCCC1)c1cc(Cl)ccc1F. The van der Waals surface area contributed by atoms with Crippen molar-refractivity contribution in [2.24, 2.45) is 0 Å². The van der Waals surface area contributed by atoms with Crippen LogP contribution >= 0.6 is 11.6 Å². The minimum Gasteiger partial charge on any atom is -0.351 e. The zero-order valence-electron chi connectivity index (χ0n) is 10.1. The van der Waals surface area contributed by atoms with Crippen molar-refractivity contribution < 1.29 is 9.18 Å². The summed E-state index contributed by atoms with van der Waals surface area (Å²) in [4.78, 5) is 14.0. The fraction of sp³-hybridized carbons (Fsp3) is 0.462. The summed E-state index contributed by atoms with van der Waals surface area (Å²) in [5, 5.41) is 3.08. The highest BCUT2D eigenvalue weighted by atomic mass is 35.5. The summed E-state index contributed by atoms with van der Waals surface area (Å²) in [6.45, 7) is 3.52. The second-order valence-electron chi connectivity index (χ2n) is 4.43. The normalized spacial score (nSPS) is 15.9. The molecule has 2 rings (SSSR count). The van der Waals surface area contributed by atoms with Crippen molar-refractivity contribution in [1.82, 2.24) is 10.2 Å². The molecule has 0 unspecified atom stereocenters. The van der Waals surface area contributed by atoms with Crippen molar-refractivity contribution in [3.8, 4) is 0 Å². The summed E-state index contributed by atoms with van der Waals surface area (Å²) in [6, 6.07) is 3.98. The van der Waals surface area contributed by atoms with E-state index in [2.05, 4.69) is 10.2 Å². The Kier molecular flexibility index (Phi) is 4.55. The summed E-state index contributed by atoms with van der Waals surface area (Å²) in [7, 11) is 0. The van der Waals surface area contributed by atoms with Crippen LogP contribution in [0.4, 0.5) is 4.39 Å². The molecule has 1 heterocycles. The molecule has 1 saturated heterocycles. The molecule has 1 aliphatic heterocycles. The van der Waals surface area contributed by atoms with Crippen molar-refractivity contribution in [3.05, 3.63) is 34.6 Å². The summed E-state index contributed by atoms with van der Waals surface area (Å²) in [6.07, 6.45) is 2.44. The first-order chi connectivity index (χ1) is 8.66. The molecular weight excluding hydrogens is 255 g/mol. The lowest BCUT2D eigenvalue weighted by atomic mass is 10.2. The Morgan fingerprint density at radius 2 is 2.11 bits per heavy atom. The third-order valence-corrected chi connectivity index (χ3v) is 3.32. The summed E-state index contributed by atoms with van der Waals surface area (Å²) in [5.74, 6) is -0.952. The van der Waals surface area contributed by atoms with Crippen LogP contribution in [0.25, 0.3) is 0 Å². The van der Waals surface area contributed by atoms with Crippen LogP contribution in [-0.2, 0) is 0 Å². The highest BCUT2D eigenvalue weighted by Gasteiger charge is 2.14. The second-order valence-corrected chi connectivity index (χ2v) is 4.87. The van der Waals surface area contributed by atoms with Gasteiger partial charge in [0.2, 0.25) is 0 Å². The molecule has 0 spiro atoms. The van der Waals surface area contributed by atoms with Crippen LogP contribution in [0.1, 0.15) is 23.2 Å². The molecule has 0 aromatic heterocycles. The summed E-state index contributed by atoms with van der Waals surface area (Å²) < 4.78 is 13.4. The van der Waals surface area contributed by atoms with Gasteiger partial charge in [0.1, 0.15) is 5.82 Å². The van der Waals surface area contributed by atoms with E-state index in [0.29, 0.717) is 11.6 Å². The Bertz CT molecular complexity index is 433. The molecule has 0 radical (unpaired) electrons. The number of nitrogens with zero attached hydrogens (tertiary/aromatic N) is 1. The zero-order valence-corrected chi connectivity index (χ0v) is 10.8. The number of likely N-dealkylation sites (tertiary alicyclic amines) is 1. The highest BCUT2D eigenvalue weighted by Crippen LogP contribution is 2.14. The summed E-state index contributed by atoms with van der Waals surface area (Å²) >= 11 is 5.74. The molecule has 0 saturated carbocycles. The van der Waals surface area contributed by atoms with Gasteiger partial charge >= 0.3 is 0 Å². The largest absolute Gasteiger partial charge is 0.351 e. The number of halogens is 2. The fourth-order valence-corrected chi connectivity index (χ4v) is 2.27. The molecule has 1 aliphatic rings. The van der Waals surface area contributed by atoms with Gasteiger partial charge in [-0.3, -0.25) is 4.79 Å². The van der Waals surface area contributed by atoms with E-state index in [0.717, 1.165) is 19.6 Å². The van der Waals surface area contributed by atoms with Crippen molar-refractivity contribution >= 4 is 17.5 Å². The Labute approximate surface area is 111 Å². The van der Waals surface area contributed by atoms with Gasteiger partial charge in [0.25, 0.3) is 5.91 Å².